The van der Waals surface area contributed by atoms with Crippen LogP contribution in [0.15, 0.2) is 4.99 Å². The van der Waals surface area contributed by atoms with Crippen molar-refractivity contribution in [3.05, 3.63) is 0 Å². The fraction of sp³-hybridized carbons (Fsp3) is 0.947. The van der Waals surface area contributed by atoms with Gasteiger partial charge in [-0.1, -0.05) is 13.8 Å². The largest absolute Gasteiger partial charge is 0.378 e. The van der Waals surface area contributed by atoms with Crippen molar-refractivity contribution >= 4 is 5.96 Å². The zero-order valence-corrected chi connectivity index (χ0v) is 16.9. The minimum absolute atomic E-state index is 0.0585. The van der Waals surface area contributed by atoms with Crippen LogP contribution in [0.2, 0.25) is 0 Å². The van der Waals surface area contributed by atoms with Crippen LogP contribution in [-0.2, 0) is 9.47 Å². The molecule has 5 nitrogen and oxygen atoms in total. The number of methoxy groups -OCH3 is 1. The van der Waals surface area contributed by atoms with Crippen LogP contribution in [0.5, 0.6) is 0 Å². The summed E-state index contributed by atoms with van der Waals surface area (Å²) in [6.07, 6.45) is 3.49. The van der Waals surface area contributed by atoms with Gasteiger partial charge in [-0.05, 0) is 47.0 Å². The van der Waals surface area contributed by atoms with Gasteiger partial charge in [-0.3, -0.25) is 4.99 Å². The summed E-state index contributed by atoms with van der Waals surface area (Å²) in [4.78, 5) is 6.88. The molecule has 2 atom stereocenters. The SMILES string of the molecule is CN=C(NC1CC(C)(OC)C1(C)C)N1CCC(OC(C)(C)C)CC1. The van der Waals surface area contributed by atoms with Gasteiger partial charge in [0.25, 0.3) is 0 Å². The Hall–Kier alpha value is -0.810. The molecule has 2 aliphatic rings. The van der Waals surface area contributed by atoms with Crippen LogP contribution in [0.4, 0.5) is 0 Å². The van der Waals surface area contributed by atoms with Crippen LogP contribution in [0, 0.1) is 5.41 Å². The standard InChI is InChI=1S/C19H37N3O2/c1-17(2,3)24-14-9-11-22(12-10-14)16(20-7)21-15-13-19(6,23-8)18(15,4)5/h14-15H,9-13H2,1-8H3,(H,20,21). The summed E-state index contributed by atoms with van der Waals surface area (Å²) in [5, 5.41) is 3.67. The first-order valence-corrected chi connectivity index (χ1v) is 9.23. The number of hydrogen-bond donors (Lipinski definition) is 1. The second-order valence-electron chi connectivity index (χ2n) is 9.02. The van der Waals surface area contributed by atoms with Crippen LogP contribution in [0.25, 0.3) is 0 Å². The molecule has 140 valence electrons. The normalized spacial score (nSPS) is 31.8. The molecule has 0 radical (unpaired) electrons. The van der Waals surface area contributed by atoms with Crippen molar-refractivity contribution in [2.24, 2.45) is 10.4 Å². The van der Waals surface area contributed by atoms with Gasteiger partial charge in [0.1, 0.15) is 0 Å². The fourth-order valence-corrected chi connectivity index (χ4v) is 3.86. The third-order valence-electron chi connectivity index (χ3n) is 6.06. The monoisotopic (exact) mass is 339 g/mol. The summed E-state index contributed by atoms with van der Waals surface area (Å²) in [6.45, 7) is 15.1. The molecule has 2 rings (SSSR count). The topological polar surface area (TPSA) is 46.1 Å². The second-order valence-corrected chi connectivity index (χ2v) is 9.02. The van der Waals surface area contributed by atoms with Crippen LogP contribution in [-0.4, -0.2) is 61.5 Å². The fourth-order valence-electron chi connectivity index (χ4n) is 3.86. The predicted octanol–water partition coefficient (Wildman–Crippen LogP) is 3.04. The van der Waals surface area contributed by atoms with Crippen molar-refractivity contribution in [1.82, 2.24) is 10.2 Å². The Morgan fingerprint density at radius 2 is 1.75 bits per heavy atom. The third-order valence-corrected chi connectivity index (χ3v) is 6.06. The van der Waals surface area contributed by atoms with E-state index in [9.17, 15) is 0 Å². The number of piperidine rings is 1. The first kappa shape index (κ1) is 19.5. The van der Waals surface area contributed by atoms with E-state index >= 15 is 0 Å². The summed E-state index contributed by atoms with van der Waals surface area (Å²) in [5.41, 5.74) is -0.0320. The molecular formula is C19H37N3O2. The molecule has 0 amide bonds. The van der Waals surface area contributed by atoms with Crippen molar-refractivity contribution in [2.75, 3.05) is 27.2 Å². The van der Waals surface area contributed by atoms with E-state index in [-0.39, 0.29) is 16.6 Å². The summed E-state index contributed by atoms with van der Waals surface area (Å²) in [5.74, 6) is 1.01. The smallest absolute Gasteiger partial charge is 0.193 e. The number of rotatable bonds is 3. The van der Waals surface area contributed by atoms with Gasteiger partial charge in [-0.25, -0.2) is 0 Å². The first-order valence-electron chi connectivity index (χ1n) is 9.23. The molecule has 0 spiro atoms. The Balaban J connectivity index is 1.89. The lowest BCUT2D eigenvalue weighted by atomic mass is 9.56. The predicted molar refractivity (Wildman–Crippen MR) is 99.5 cm³/mol. The summed E-state index contributed by atoms with van der Waals surface area (Å²) in [7, 11) is 3.69. The van der Waals surface area contributed by atoms with E-state index in [1.165, 1.54) is 0 Å². The summed E-state index contributed by atoms with van der Waals surface area (Å²) in [6, 6.07) is 0.393. The van der Waals surface area contributed by atoms with E-state index in [0.717, 1.165) is 38.3 Å². The van der Waals surface area contributed by atoms with Crippen molar-refractivity contribution in [3.8, 4) is 0 Å². The number of ether oxygens (including phenoxy) is 2. The van der Waals surface area contributed by atoms with Crippen LogP contribution < -0.4 is 5.32 Å². The molecule has 1 aliphatic carbocycles. The quantitative estimate of drug-likeness (QED) is 0.634. The van der Waals surface area contributed by atoms with Gasteiger partial charge in [0.2, 0.25) is 0 Å². The minimum atomic E-state index is -0.0622. The first-order chi connectivity index (χ1) is 11.0. The summed E-state index contributed by atoms with van der Waals surface area (Å²) >= 11 is 0. The Kier molecular flexibility index (Phi) is 5.55. The molecule has 24 heavy (non-hydrogen) atoms. The van der Waals surface area contributed by atoms with Crippen LogP contribution in [0.3, 0.4) is 0 Å². The molecule has 0 aromatic carbocycles. The van der Waals surface area contributed by atoms with Crippen molar-refractivity contribution in [2.45, 2.75) is 84.2 Å². The molecule has 0 bridgehead atoms. The maximum absolute atomic E-state index is 6.13. The molecule has 1 heterocycles. The second kappa shape index (κ2) is 6.83. The molecular weight excluding hydrogens is 302 g/mol. The van der Waals surface area contributed by atoms with Crippen LogP contribution >= 0.6 is 0 Å². The number of aliphatic imine (C=N–C) groups is 1. The Morgan fingerprint density at radius 1 is 1.17 bits per heavy atom. The highest BCUT2D eigenvalue weighted by molar-refractivity contribution is 5.80. The van der Waals surface area contributed by atoms with E-state index in [1.54, 1.807) is 0 Å². The van der Waals surface area contributed by atoms with E-state index in [2.05, 4.69) is 56.8 Å². The Morgan fingerprint density at radius 3 is 2.17 bits per heavy atom. The molecule has 1 saturated heterocycles. The number of nitrogens with zero attached hydrogens (tertiary/aromatic N) is 2. The molecule has 0 aromatic rings. The minimum Gasteiger partial charge on any atom is -0.378 e. The highest BCUT2D eigenvalue weighted by Crippen LogP contribution is 2.51. The van der Waals surface area contributed by atoms with Gasteiger partial charge < -0.3 is 19.7 Å². The van der Waals surface area contributed by atoms with Crippen molar-refractivity contribution < 1.29 is 9.47 Å². The lowest BCUT2D eigenvalue weighted by Gasteiger charge is -2.59. The number of hydrogen-bond acceptors (Lipinski definition) is 3. The van der Waals surface area contributed by atoms with Gasteiger partial charge in [-0.2, -0.15) is 0 Å². The molecule has 1 aliphatic heterocycles. The Bertz CT molecular complexity index is 462. The maximum Gasteiger partial charge on any atom is 0.193 e. The van der Waals surface area contributed by atoms with Crippen molar-refractivity contribution in [1.29, 1.82) is 0 Å². The van der Waals surface area contributed by atoms with Gasteiger partial charge >= 0.3 is 0 Å². The van der Waals surface area contributed by atoms with E-state index < -0.39 is 0 Å². The molecule has 1 N–H and O–H groups in total. The average molecular weight is 340 g/mol. The molecule has 2 unspecified atom stereocenters. The highest BCUT2D eigenvalue weighted by atomic mass is 16.5. The molecule has 0 aromatic heterocycles. The van der Waals surface area contributed by atoms with E-state index in [1.807, 2.05) is 14.2 Å². The lowest BCUT2D eigenvalue weighted by molar-refractivity contribution is -0.177. The molecule has 2 fully saturated rings. The molecule has 5 heteroatoms. The third kappa shape index (κ3) is 3.88. The van der Waals surface area contributed by atoms with Gasteiger partial charge in [0.15, 0.2) is 5.96 Å². The number of nitrogens with one attached hydrogen (secondary N) is 1. The van der Waals surface area contributed by atoms with Gasteiger partial charge in [0.05, 0.1) is 17.3 Å². The maximum atomic E-state index is 6.13. The van der Waals surface area contributed by atoms with Crippen LogP contribution in [0.1, 0.15) is 60.8 Å². The van der Waals surface area contributed by atoms with Crippen molar-refractivity contribution in [3.63, 3.8) is 0 Å². The van der Waals surface area contributed by atoms with Gasteiger partial charge in [0, 0.05) is 38.7 Å². The Labute approximate surface area is 148 Å². The zero-order valence-electron chi connectivity index (χ0n) is 16.9. The van der Waals surface area contributed by atoms with Gasteiger partial charge in [-0.15, -0.1) is 0 Å². The summed E-state index contributed by atoms with van der Waals surface area (Å²) < 4.78 is 11.9. The highest BCUT2D eigenvalue weighted by Gasteiger charge is 2.58. The number of likely N-dealkylation sites (tertiary alicyclic amines) is 1. The number of guanidine groups is 1. The van der Waals surface area contributed by atoms with E-state index in [0.29, 0.717) is 12.1 Å². The average Bonchev–Trinajstić information content (AvgIpc) is 2.50. The van der Waals surface area contributed by atoms with E-state index in [4.69, 9.17) is 9.47 Å². The lowest BCUT2D eigenvalue weighted by Crippen LogP contribution is -2.69. The molecule has 1 saturated carbocycles. The zero-order chi connectivity index (χ0) is 18.2.